The Bertz CT molecular complexity index is 958. The van der Waals surface area contributed by atoms with Crippen LogP contribution in [0.15, 0.2) is 29.3 Å². The van der Waals surface area contributed by atoms with Crippen molar-refractivity contribution in [1.82, 2.24) is 14.6 Å². The van der Waals surface area contributed by atoms with Gasteiger partial charge in [0.05, 0.1) is 6.61 Å². The van der Waals surface area contributed by atoms with Gasteiger partial charge in [-0.1, -0.05) is 12.2 Å². The fourth-order valence-electron chi connectivity index (χ4n) is 2.91. The lowest BCUT2D eigenvalue weighted by molar-refractivity contribution is 0.0531. The lowest BCUT2D eigenvalue weighted by Crippen LogP contribution is -2.29. The first-order valence-electron chi connectivity index (χ1n) is 8.85. The zero-order valence-electron chi connectivity index (χ0n) is 15.4. The number of pyridine rings is 1. The van der Waals surface area contributed by atoms with Crippen molar-refractivity contribution in [3.63, 3.8) is 0 Å². The Hall–Kier alpha value is -1.81. The fourth-order valence-corrected chi connectivity index (χ4v) is 4.98. The first-order chi connectivity index (χ1) is 12.9. The van der Waals surface area contributed by atoms with Gasteiger partial charge in [0.1, 0.15) is 14.6 Å². The molecule has 2 aromatic heterocycles. The molecule has 2 aromatic rings. The van der Waals surface area contributed by atoms with E-state index in [4.69, 9.17) is 4.74 Å². The highest BCUT2D eigenvalue weighted by molar-refractivity contribution is 7.89. The number of aromatic nitrogens is 1. The van der Waals surface area contributed by atoms with Crippen molar-refractivity contribution in [2.45, 2.75) is 25.2 Å². The minimum atomic E-state index is -3.64. The smallest absolute Gasteiger partial charge is 0.348 e. The number of aryl methyl sites for hydroxylation is 1. The Morgan fingerprint density at radius 2 is 2.11 bits per heavy atom. The van der Waals surface area contributed by atoms with E-state index in [0.717, 1.165) is 26.1 Å². The minimum Gasteiger partial charge on any atom is -0.462 e. The number of hydrogen-bond donors (Lipinski definition) is 1. The summed E-state index contributed by atoms with van der Waals surface area (Å²) in [5, 5.41) is 0.661. The standard InChI is InChI=1S/C18H23N3O4S2/c1-3-25-18(22)16-13(2)15-11-14(12-19-17(15)26-16)27(23,24)20-7-6-10-21-8-4-5-9-21/h4-5,11-12,20H,3,6-10H2,1-2H3. The van der Waals surface area contributed by atoms with E-state index in [-0.39, 0.29) is 11.5 Å². The average Bonchev–Trinajstić information content (AvgIpc) is 3.27. The zero-order chi connectivity index (χ0) is 19.4. The average molecular weight is 410 g/mol. The summed E-state index contributed by atoms with van der Waals surface area (Å²) >= 11 is 1.21. The molecule has 0 bridgehead atoms. The van der Waals surface area contributed by atoms with E-state index in [1.165, 1.54) is 17.5 Å². The number of fused-ring (bicyclic) bond motifs is 1. The molecule has 0 atom stereocenters. The normalized spacial score (nSPS) is 14.9. The topological polar surface area (TPSA) is 88.6 Å². The number of thiophene rings is 1. The first kappa shape index (κ1) is 19.9. The van der Waals surface area contributed by atoms with E-state index in [0.29, 0.717) is 27.2 Å². The van der Waals surface area contributed by atoms with Crippen molar-refractivity contribution in [3.05, 3.63) is 34.9 Å². The van der Waals surface area contributed by atoms with Crippen LogP contribution >= 0.6 is 11.3 Å². The number of sulfonamides is 1. The Morgan fingerprint density at radius 3 is 2.81 bits per heavy atom. The second-order valence-electron chi connectivity index (χ2n) is 6.28. The molecule has 0 unspecified atom stereocenters. The van der Waals surface area contributed by atoms with Gasteiger partial charge < -0.3 is 4.74 Å². The number of nitrogens with one attached hydrogen (secondary N) is 1. The summed E-state index contributed by atoms with van der Waals surface area (Å²) in [7, 11) is -3.64. The highest BCUT2D eigenvalue weighted by Crippen LogP contribution is 2.31. The van der Waals surface area contributed by atoms with Crippen LogP contribution in [0.5, 0.6) is 0 Å². The van der Waals surface area contributed by atoms with E-state index in [1.54, 1.807) is 19.9 Å². The van der Waals surface area contributed by atoms with E-state index < -0.39 is 16.0 Å². The van der Waals surface area contributed by atoms with Gasteiger partial charge in [-0.05, 0) is 31.9 Å². The van der Waals surface area contributed by atoms with Gasteiger partial charge in [0.25, 0.3) is 0 Å². The third-order valence-electron chi connectivity index (χ3n) is 4.38. The molecule has 0 aromatic carbocycles. The third kappa shape index (κ3) is 4.55. The zero-order valence-corrected chi connectivity index (χ0v) is 17.0. The van der Waals surface area contributed by atoms with E-state index in [1.807, 2.05) is 0 Å². The van der Waals surface area contributed by atoms with Gasteiger partial charge in [-0.3, -0.25) is 4.90 Å². The Morgan fingerprint density at radius 1 is 1.37 bits per heavy atom. The van der Waals surface area contributed by atoms with Crippen molar-refractivity contribution in [2.24, 2.45) is 0 Å². The molecule has 7 nitrogen and oxygen atoms in total. The molecular formula is C18H23N3O4S2. The van der Waals surface area contributed by atoms with Crippen molar-refractivity contribution in [1.29, 1.82) is 0 Å². The van der Waals surface area contributed by atoms with Gasteiger partial charge in [0, 0.05) is 37.8 Å². The summed E-state index contributed by atoms with van der Waals surface area (Å²) in [6, 6.07) is 1.57. The third-order valence-corrected chi connectivity index (χ3v) is 7.00. The number of carbonyl (C=O) groups is 1. The minimum absolute atomic E-state index is 0.106. The second-order valence-corrected chi connectivity index (χ2v) is 9.05. The van der Waals surface area contributed by atoms with Crippen LogP contribution in [0.25, 0.3) is 10.2 Å². The van der Waals surface area contributed by atoms with Crippen LogP contribution in [0.3, 0.4) is 0 Å². The molecule has 0 fully saturated rings. The number of esters is 1. The highest BCUT2D eigenvalue weighted by Gasteiger charge is 2.21. The molecule has 0 saturated heterocycles. The number of hydrogen-bond acceptors (Lipinski definition) is 7. The molecule has 0 aliphatic carbocycles. The van der Waals surface area contributed by atoms with Crippen LogP contribution in [0.1, 0.15) is 28.6 Å². The molecule has 0 radical (unpaired) electrons. The van der Waals surface area contributed by atoms with Crippen LogP contribution in [-0.4, -0.2) is 57.1 Å². The predicted octanol–water partition coefficient (Wildman–Crippen LogP) is 2.32. The first-order valence-corrected chi connectivity index (χ1v) is 11.2. The molecule has 0 amide bonds. The maximum absolute atomic E-state index is 12.6. The van der Waals surface area contributed by atoms with Crippen molar-refractivity contribution in [3.8, 4) is 0 Å². The molecule has 0 spiro atoms. The van der Waals surface area contributed by atoms with Crippen LogP contribution in [-0.2, 0) is 14.8 Å². The maximum atomic E-state index is 12.6. The highest BCUT2D eigenvalue weighted by atomic mass is 32.2. The van der Waals surface area contributed by atoms with Gasteiger partial charge in [-0.2, -0.15) is 0 Å². The molecule has 1 N–H and O–H groups in total. The largest absolute Gasteiger partial charge is 0.462 e. The van der Waals surface area contributed by atoms with Crippen molar-refractivity contribution < 1.29 is 17.9 Å². The molecule has 27 heavy (non-hydrogen) atoms. The number of nitrogens with zero attached hydrogens (tertiary/aromatic N) is 2. The van der Waals surface area contributed by atoms with Crippen LogP contribution < -0.4 is 4.72 Å². The molecule has 3 rings (SSSR count). The summed E-state index contributed by atoms with van der Waals surface area (Å²) in [6.45, 7) is 6.88. The van der Waals surface area contributed by atoms with Crippen molar-refractivity contribution in [2.75, 3.05) is 32.8 Å². The summed E-state index contributed by atoms with van der Waals surface area (Å²) < 4.78 is 32.8. The molecule has 0 saturated carbocycles. The monoisotopic (exact) mass is 409 g/mol. The van der Waals surface area contributed by atoms with Crippen molar-refractivity contribution >= 4 is 37.5 Å². The lowest BCUT2D eigenvalue weighted by Gasteiger charge is -2.14. The molecule has 1 aliphatic rings. The molecule has 3 heterocycles. The SMILES string of the molecule is CCOC(=O)c1sc2ncc(S(=O)(=O)NCCCN3CC=CC3)cc2c1C. The molecular weight excluding hydrogens is 386 g/mol. The number of carbonyl (C=O) groups excluding carboxylic acids is 1. The number of rotatable bonds is 8. The van der Waals surface area contributed by atoms with Crippen LogP contribution in [0.4, 0.5) is 0 Å². The maximum Gasteiger partial charge on any atom is 0.348 e. The predicted molar refractivity (Wildman–Crippen MR) is 106 cm³/mol. The lowest BCUT2D eigenvalue weighted by atomic mass is 10.2. The Balaban J connectivity index is 1.71. The van der Waals surface area contributed by atoms with Gasteiger partial charge >= 0.3 is 5.97 Å². The fraction of sp³-hybridized carbons (Fsp3) is 0.444. The molecule has 1 aliphatic heterocycles. The van der Waals surface area contributed by atoms with Crippen LogP contribution in [0.2, 0.25) is 0 Å². The van der Waals surface area contributed by atoms with E-state index in [9.17, 15) is 13.2 Å². The van der Waals surface area contributed by atoms with E-state index >= 15 is 0 Å². The molecule has 146 valence electrons. The summed E-state index contributed by atoms with van der Waals surface area (Å²) in [6.07, 6.45) is 6.29. The quantitative estimate of drug-likeness (QED) is 0.409. The van der Waals surface area contributed by atoms with Gasteiger partial charge in [0.2, 0.25) is 10.0 Å². The summed E-state index contributed by atoms with van der Waals surface area (Å²) in [5.41, 5.74) is 0.694. The van der Waals surface area contributed by atoms with E-state index in [2.05, 4.69) is 26.8 Å². The summed E-state index contributed by atoms with van der Waals surface area (Å²) in [5.74, 6) is -0.406. The van der Waals surface area contributed by atoms with Gasteiger partial charge in [-0.15, -0.1) is 11.3 Å². The van der Waals surface area contributed by atoms with Gasteiger partial charge in [0.15, 0.2) is 0 Å². The Labute approximate surface area is 163 Å². The van der Waals surface area contributed by atoms with Crippen LogP contribution in [0, 0.1) is 6.92 Å². The number of ether oxygens (including phenoxy) is 1. The second kappa shape index (κ2) is 8.47. The molecule has 9 heteroatoms. The summed E-state index contributed by atoms with van der Waals surface area (Å²) in [4.78, 5) is 19.7. The van der Waals surface area contributed by atoms with Gasteiger partial charge in [-0.25, -0.2) is 22.9 Å². The Kier molecular flexibility index (Phi) is 6.25.